The van der Waals surface area contributed by atoms with Gasteiger partial charge in [-0.05, 0) is 49.7 Å². The molecule has 1 N–H and O–H groups in total. The van der Waals surface area contributed by atoms with E-state index < -0.39 is 5.25 Å². The fourth-order valence-corrected chi connectivity index (χ4v) is 4.76. The lowest BCUT2D eigenvalue weighted by molar-refractivity contribution is -0.128. The Morgan fingerprint density at radius 1 is 1.09 bits per heavy atom. The van der Waals surface area contributed by atoms with Crippen LogP contribution < -0.4 is 14.8 Å². The number of unbranched alkanes of at least 4 members (excludes halogenated alkanes) is 3. The summed E-state index contributed by atoms with van der Waals surface area (Å²) >= 11 is 1.32. The van der Waals surface area contributed by atoms with Gasteiger partial charge in [0.2, 0.25) is 11.8 Å². The molecule has 34 heavy (non-hydrogen) atoms. The van der Waals surface area contributed by atoms with Gasteiger partial charge in [0, 0.05) is 24.7 Å². The molecule has 1 atom stereocenters. The maximum atomic E-state index is 12.9. The van der Waals surface area contributed by atoms with Crippen molar-refractivity contribution in [2.75, 3.05) is 25.6 Å². The highest BCUT2D eigenvalue weighted by atomic mass is 32.2. The monoisotopic (exact) mass is 483 g/mol. The van der Waals surface area contributed by atoms with E-state index in [4.69, 9.17) is 9.47 Å². The number of amides is 2. The van der Waals surface area contributed by atoms with Crippen LogP contribution in [-0.2, 0) is 9.59 Å². The Kier molecular flexibility index (Phi) is 9.82. The van der Waals surface area contributed by atoms with E-state index in [1.54, 1.807) is 12.0 Å². The summed E-state index contributed by atoms with van der Waals surface area (Å²) in [7, 11) is 1.60. The number of hydrogen-bond donors (Lipinski definition) is 1. The molecule has 3 rings (SSSR count). The Morgan fingerprint density at radius 2 is 1.88 bits per heavy atom. The van der Waals surface area contributed by atoms with Crippen LogP contribution in [0.15, 0.2) is 53.5 Å². The molecule has 182 valence electrons. The van der Waals surface area contributed by atoms with E-state index in [9.17, 15) is 9.59 Å². The second-order valence-electron chi connectivity index (χ2n) is 7.97. The second kappa shape index (κ2) is 13.0. The Hall–Kier alpha value is -3.00. The molecule has 0 unspecified atom stereocenters. The van der Waals surface area contributed by atoms with Crippen LogP contribution in [0.3, 0.4) is 0 Å². The third-order valence-electron chi connectivity index (χ3n) is 5.39. The minimum atomic E-state index is -0.505. The topological polar surface area (TPSA) is 80.2 Å². The zero-order valence-corrected chi connectivity index (χ0v) is 20.9. The summed E-state index contributed by atoms with van der Waals surface area (Å²) in [4.78, 5) is 31.7. The molecule has 1 aliphatic heterocycles. The quantitative estimate of drug-likeness (QED) is 0.396. The number of hydrogen-bond acceptors (Lipinski definition) is 6. The molecule has 0 radical (unpaired) electrons. The van der Waals surface area contributed by atoms with Crippen LogP contribution in [0, 0.1) is 0 Å². The molecule has 7 nitrogen and oxygen atoms in total. The molecule has 2 aromatic rings. The standard InChI is InChI=1S/C26H33N3O4S/c1-4-6-7-8-16-33-21-14-12-19(13-15-21)27-24(30)18-23-25(31)29(5-2)26(34-23)28-20-10-9-11-22(17-20)32-3/h9-15,17,23H,4-8,16,18H2,1-3H3,(H,27,30)/t23-/m0/s1. The molecule has 2 aromatic carbocycles. The Bertz CT molecular complexity index is 994. The first-order valence-electron chi connectivity index (χ1n) is 11.8. The van der Waals surface area contributed by atoms with Crippen molar-refractivity contribution in [1.82, 2.24) is 4.90 Å². The van der Waals surface area contributed by atoms with Gasteiger partial charge in [-0.15, -0.1) is 0 Å². The van der Waals surface area contributed by atoms with Gasteiger partial charge < -0.3 is 14.8 Å². The number of methoxy groups -OCH3 is 1. The van der Waals surface area contributed by atoms with Crippen LogP contribution in [0.1, 0.15) is 46.0 Å². The summed E-state index contributed by atoms with van der Waals surface area (Å²) in [6.07, 6.45) is 4.71. The number of carbonyl (C=O) groups excluding carboxylic acids is 2. The van der Waals surface area contributed by atoms with Crippen molar-refractivity contribution in [3.63, 3.8) is 0 Å². The average molecular weight is 484 g/mol. The van der Waals surface area contributed by atoms with Gasteiger partial charge in [-0.1, -0.05) is 44.0 Å². The first kappa shape index (κ1) is 25.6. The molecule has 1 saturated heterocycles. The number of amidine groups is 1. The molecule has 1 heterocycles. The Labute approximate surface area is 205 Å². The molecule has 2 amide bonds. The minimum Gasteiger partial charge on any atom is -0.497 e. The Balaban J connectivity index is 1.55. The first-order valence-corrected chi connectivity index (χ1v) is 12.7. The number of carbonyl (C=O) groups is 2. The van der Waals surface area contributed by atoms with Gasteiger partial charge in [-0.3, -0.25) is 14.5 Å². The normalized spacial score (nSPS) is 16.7. The fraction of sp³-hybridized carbons (Fsp3) is 0.423. The number of aliphatic imine (C=N–C) groups is 1. The summed E-state index contributed by atoms with van der Waals surface area (Å²) in [5.41, 5.74) is 1.38. The third kappa shape index (κ3) is 7.25. The number of rotatable bonds is 12. The minimum absolute atomic E-state index is 0.0762. The van der Waals surface area contributed by atoms with Gasteiger partial charge in [0.1, 0.15) is 16.7 Å². The van der Waals surface area contributed by atoms with Crippen molar-refractivity contribution in [2.45, 2.75) is 51.2 Å². The van der Waals surface area contributed by atoms with Crippen LogP contribution >= 0.6 is 11.8 Å². The first-order chi connectivity index (χ1) is 16.5. The van der Waals surface area contributed by atoms with Gasteiger partial charge in [-0.25, -0.2) is 4.99 Å². The summed E-state index contributed by atoms with van der Waals surface area (Å²) in [6.45, 7) is 5.27. The van der Waals surface area contributed by atoms with Crippen LogP contribution in [0.25, 0.3) is 0 Å². The number of thioether (sulfide) groups is 1. The van der Waals surface area contributed by atoms with Crippen molar-refractivity contribution >= 4 is 40.1 Å². The average Bonchev–Trinajstić information content (AvgIpc) is 3.13. The van der Waals surface area contributed by atoms with Gasteiger partial charge in [0.05, 0.1) is 19.4 Å². The highest BCUT2D eigenvalue weighted by Crippen LogP contribution is 2.32. The highest BCUT2D eigenvalue weighted by molar-refractivity contribution is 8.15. The fourth-order valence-electron chi connectivity index (χ4n) is 3.54. The lowest BCUT2D eigenvalue weighted by Gasteiger charge is -2.13. The number of anilines is 1. The number of benzene rings is 2. The predicted molar refractivity (Wildman–Crippen MR) is 138 cm³/mol. The Morgan fingerprint density at radius 3 is 2.59 bits per heavy atom. The summed E-state index contributed by atoms with van der Waals surface area (Å²) < 4.78 is 11.0. The molecule has 1 fully saturated rings. The third-order valence-corrected chi connectivity index (χ3v) is 6.57. The number of ether oxygens (including phenoxy) is 2. The predicted octanol–water partition coefficient (Wildman–Crippen LogP) is 5.63. The van der Waals surface area contributed by atoms with E-state index in [0.717, 1.165) is 12.2 Å². The zero-order chi connectivity index (χ0) is 24.3. The maximum absolute atomic E-state index is 12.9. The molecule has 0 aliphatic carbocycles. The van der Waals surface area contributed by atoms with Crippen LogP contribution in [0.4, 0.5) is 11.4 Å². The van der Waals surface area contributed by atoms with Crippen molar-refractivity contribution in [3.8, 4) is 11.5 Å². The molecule has 0 saturated carbocycles. The van der Waals surface area contributed by atoms with E-state index in [1.165, 1.54) is 31.0 Å². The van der Waals surface area contributed by atoms with Crippen LogP contribution in [0.5, 0.6) is 11.5 Å². The van der Waals surface area contributed by atoms with Gasteiger partial charge in [0.25, 0.3) is 0 Å². The van der Waals surface area contributed by atoms with E-state index in [2.05, 4.69) is 17.2 Å². The molecule has 8 heteroatoms. The van der Waals surface area contributed by atoms with E-state index in [-0.39, 0.29) is 18.2 Å². The van der Waals surface area contributed by atoms with Crippen LogP contribution in [0.2, 0.25) is 0 Å². The highest BCUT2D eigenvalue weighted by Gasteiger charge is 2.38. The van der Waals surface area contributed by atoms with Crippen molar-refractivity contribution in [3.05, 3.63) is 48.5 Å². The van der Waals surface area contributed by atoms with Crippen molar-refractivity contribution < 1.29 is 19.1 Å². The summed E-state index contributed by atoms with van der Waals surface area (Å²) in [5.74, 6) is 1.17. The van der Waals surface area contributed by atoms with Crippen molar-refractivity contribution in [2.24, 2.45) is 4.99 Å². The summed E-state index contributed by atoms with van der Waals surface area (Å²) in [5, 5.41) is 2.97. The van der Waals surface area contributed by atoms with Gasteiger partial charge >= 0.3 is 0 Å². The molecule has 0 spiro atoms. The smallest absolute Gasteiger partial charge is 0.242 e. The summed E-state index contributed by atoms with van der Waals surface area (Å²) in [6, 6.07) is 14.7. The number of nitrogens with zero attached hydrogens (tertiary/aromatic N) is 2. The second-order valence-corrected chi connectivity index (χ2v) is 9.14. The molecule has 0 aromatic heterocycles. The van der Waals surface area contributed by atoms with Crippen LogP contribution in [-0.4, -0.2) is 47.4 Å². The number of nitrogens with one attached hydrogen (secondary N) is 1. The molecular formula is C26H33N3O4S. The molecule has 1 aliphatic rings. The molecular weight excluding hydrogens is 450 g/mol. The SMILES string of the molecule is CCCCCCOc1ccc(NC(=O)C[C@@H]2SC(=Nc3cccc(OC)c3)N(CC)C2=O)cc1. The van der Waals surface area contributed by atoms with Gasteiger partial charge in [0.15, 0.2) is 5.17 Å². The van der Waals surface area contributed by atoms with E-state index >= 15 is 0 Å². The largest absolute Gasteiger partial charge is 0.497 e. The van der Waals surface area contributed by atoms with E-state index in [1.807, 2.05) is 55.5 Å². The van der Waals surface area contributed by atoms with E-state index in [0.29, 0.717) is 35.4 Å². The zero-order valence-electron chi connectivity index (χ0n) is 20.1. The van der Waals surface area contributed by atoms with Gasteiger partial charge in [-0.2, -0.15) is 0 Å². The van der Waals surface area contributed by atoms with Crippen molar-refractivity contribution in [1.29, 1.82) is 0 Å². The maximum Gasteiger partial charge on any atom is 0.242 e. The molecule has 0 bridgehead atoms. The lowest BCUT2D eigenvalue weighted by atomic mass is 10.2. The lowest BCUT2D eigenvalue weighted by Crippen LogP contribution is -2.33.